The van der Waals surface area contributed by atoms with E-state index < -0.39 is 21.8 Å². The number of halogens is 2. The molecule has 68 valence electrons. The molecular weight excluding hydrogens is 190 g/mol. The first-order valence-corrected chi connectivity index (χ1v) is 4.45. The molecule has 4 nitrogen and oxygen atoms in total. The maximum Gasteiger partial charge on any atom is 0.335 e. The number of alkyl halides is 1. The van der Waals surface area contributed by atoms with Crippen molar-refractivity contribution in [1.29, 1.82) is 0 Å². The van der Waals surface area contributed by atoms with Gasteiger partial charge in [0.2, 0.25) is 0 Å². The molecule has 0 aliphatic heterocycles. The maximum absolute atomic E-state index is 12.2. The van der Waals surface area contributed by atoms with Crippen LogP contribution in [-0.2, 0) is 16.8 Å². The van der Waals surface area contributed by atoms with Gasteiger partial charge in [-0.1, -0.05) is 0 Å². The third-order valence-electron chi connectivity index (χ3n) is 1.20. The van der Waals surface area contributed by atoms with Gasteiger partial charge in [-0.15, -0.1) is 3.89 Å². The number of aromatic nitrogens is 2. The Morgan fingerprint density at radius 1 is 1.58 bits per heavy atom. The van der Waals surface area contributed by atoms with E-state index in [2.05, 4.69) is 5.10 Å². The van der Waals surface area contributed by atoms with E-state index >= 15 is 0 Å². The Hall–Kier alpha value is -0.980. The van der Waals surface area contributed by atoms with Crippen LogP contribution in [0.2, 0.25) is 0 Å². The SMILES string of the molecule is O=S(=O)(F)c1cnn(CCF)c1. The molecule has 0 aliphatic carbocycles. The van der Waals surface area contributed by atoms with Crippen LogP contribution >= 0.6 is 0 Å². The summed E-state index contributed by atoms with van der Waals surface area (Å²) in [5, 5.41) is 3.43. The predicted octanol–water partition coefficient (Wildman–Crippen LogP) is 0.511. The van der Waals surface area contributed by atoms with Gasteiger partial charge in [-0.05, 0) is 0 Å². The van der Waals surface area contributed by atoms with E-state index in [0.717, 1.165) is 17.1 Å². The molecule has 0 aliphatic rings. The third kappa shape index (κ3) is 2.00. The molecule has 0 amide bonds. The Bertz CT molecular complexity index is 359. The highest BCUT2D eigenvalue weighted by Crippen LogP contribution is 2.09. The fraction of sp³-hybridized carbons (Fsp3) is 0.400. The van der Waals surface area contributed by atoms with Crippen LogP contribution in [0, 0.1) is 0 Å². The van der Waals surface area contributed by atoms with Crippen LogP contribution in [0.1, 0.15) is 0 Å². The molecule has 0 atom stereocenters. The topological polar surface area (TPSA) is 52.0 Å². The largest absolute Gasteiger partial charge is 0.335 e. The van der Waals surface area contributed by atoms with Crippen molar-refractivity contribution in [2.75, 3.05) is 6.67 Å². The second-order valence-corrected chi connectivity index (χ2v) is 3.41. The Morgan fingerprint density at radius 3 is 2.67 bits per heavy atom. The fourth-order valence-electron chi connectivity index (χ4n) is 0.679. The first-order valence-electron chi connectivity index (χ1n) is 3.07. The van der Waals surface area contributed by atoms with Crippen molar-refractivity contribution in [2.45, 2.75) is 11.4 Å². The van der Waals surface area contributed by atoms with E-state index in [-0.39, 0.29) is 6.54 Å². The molecule has 7 heteroatoms. The molecule has 1 rings (SSSR count). The van der Waals surface area contributed by atoms with Gasteiger partial charge in [0.15, 0.2) is 0 Å². The standard InChI is InChI=1S/C5H6F2N2O2S/c6-1-2-9-4-5(3-8-9)12(7,10)11/h3-4H,1-2H2. The summed E-state index contributed by atoms with van der Waals surface area (Å²) in [7, 11) is -4.71. The molecule has 0 spiro atoms. The molecule has 1 aromatic heterocycles. The normalized spacial score (nSPS) is 11.8. The summed E-state index contributed by atoms with van der Waals surface area (Å²) in [5.41, 5.74) is 0. The summed E-state index contributed by atoms with van der Waals surface area (Å²) in [5.74, 6) is 0. The van der Waals surface area contributed by atoms with E-state index in [0.29, 0.717) is 0 Å². The maximum atomic E-state index is 12.2. The summed E-state index contributed by atoms with van der Waals surface area (Å²) in [6.45, 7) is -0.747. The van der Waals surface area contributed by atoms with E-state index in [1.54, 1.807) is 0 Å². The van der Waals surface area contributed by atoms with E-state index in [1.807, 2.05) is 0 Å². The molecule has 12 heavy (non-hydrogen) atoms. The lowest BCUT2D eigenvalue weighted by molar-refractivity contribution is 0.426. The predicted molar refractivity (Wildman–Crippen MR) is 36.5 cm³/mol. The number of aryl methyl sites for hydroxylation is 1. The minimum absolute atomic E-state index is 0.0739. The monoisotopic (exact) mass is 196 g/mol. The van der Waals surface area contributed by atoms with E-state index in [9.17, 15) is 16.7 Å². The van der Waals surface area contributed by atoms with Gasteiger partial charge >= 0.3 is 10.2 Å². The van der Waals surface area contributed by atoms with Crippen molar-refractivity contribution >= 4 is 10.2 Å². The number of rotatable bonds is 3. The van der Waals surface area contributed by atoms with Crippen LogP contribution in [0.25, 0.3) is 0 Å². The summed E-state index contributed by atoms with van der Waals surface area (Å²) < 4.78 is 45.4. The first-order chi connectivity index (χ1) is 5.54. The average molecular weight is 196 g/mol. The Kier molecular flexibility index (Phi) is 2.41. The van der Waals surface area contributed by atoms with Gasteiger partial charge in [0.1, 0.15) is 11.6 Å². The van der Waals surface area contributed by atoms with Crippen LogP contribution in [0.15, 0.2) is 17.3 Å². The van der Waals surface area contributed by atoms with Gasteiger partial charge in [-0.2, -0.15) is 13.5 Å². The van der Waals surface area contributed by atoms with E-state index in [4.69, 9.17) is 0 Å². The highest BCUT2D eigenvalue weighted by Gasteiger charge is 2.13. The molecule has 0 aromatic carbocycles. The molecule has 0 radical (unpaired) electrons. The molecule has 0 saturated carbocycles. The minimum Gasteiger partial charge on any atom is -0.269 e. The molecule has 0 unspecified atom stereocenters. The van der Waals surface area contributed by atoms with Crippen molar-refractivity contribution in [1.82, 2.24) is 9.78 Å². The van der Waals surface area contributed by atoms with E-state index in [1.165, 1.54) is 0 Å². The summed E-state index contributed by atoms with van der Waals surface area (Å²) in [6.07, 6.45) is 1.78. The smallest absolute Gasteiger partial charge is 0.269 e. The molecule has 1 heterocycles. The van der Waals surface area contributed by atoms with Gasteiger partial charge in [0.05, 0.1) is 12.7 Å². The number of hydrogen-bond donors (Lipinski definition) is 0. The zero-order valence-corrected chi connectivity index (χ0v) is 6.76. The summed E-state index contributed by atoms with van der Waals surface area (Å²) in [6, 6.07) is 0. The van der Waals surface area contributed by atoms with Crippen LogP contribution in [0.4, 0.5) is 8.28 Å². The molecule has 0 bridgehead atoms. The molecule has 0 saturated heterocycles. The quantitative estimate of drug-likeness (QED) is 0.662. The number of hydrogen-bond acceptors (Lipinski definition) is 3. The second-order valence-electron chi connectivity index (χ2n) is 2.07. The van der Waals surface area contributed by atoms with Crippen molar-refractivity contribution in [3.8, 4) is 0 Å². The first kappa shape index (κ1) is 9.11. The molecule has 0 N–H and O–H groups in total. The summed E-state index contributed by atoms with van der Waals surface area (Å²) >= 11 is 0. The Labute approximate surface area is 68.0 Å². The van der Waals surface area contributed by atoms with Gasteiger partial charge in [0, 0.05) is 6.20 Å². The van der Waals surface area contributed by atoms with Crippen LogP contribution in [0.3, 0.4) is 0 Å². The van der Waals surface area contributed by atoms with Crippen molar-refractivity contribution in [3.05, 3.63) is 12.4 Å². The zero-order chi connectivity index (χ0) is 9.19. The lowest BCUT2D eigenvalue weighted by Gasteiger charge is -1.91. The average Bonchev–Trinajstić information content (AvgIpc) is 2.35. The zero-order valence-electron chi connectivity index (χ0n) is 5.94. The lowest BCUT2D eigenvalue weighted by Crippen LogP contribution is -1.99. The highest BCUT2D eigenvalue weighted by molar-refractivity contribution is 7.86. The fourth-order valence-corrected chi connectivity index (χ4v) is 1.10. The van der Waals surface area contributed by atoms with Gasteiger partial charge < -0.3 is 0 Å². The second kappa shape index (κ2) is 3.18. The van der Waals surface area contributed by atoms with Crippen molar-refractivity contribution in [2.24, 2.45) is 0 Å². The Balaban J connectivity index is 2.92. The van der Waals surface area contributed by atoms with Crippen LogP contribution in [-0.4, -0.2) is 24.9 Å². The molecule has 0 fully saturated rings. The van der Waals surface area contributed by atoms with Crippen LogP contribution in [0.5, 0.6) is 0 Å². The third-order valence-corrected chi connectivity index (χ3v) is 1.98. The van der Waals surface area contributed by atoms with Crippen molar-refractivity contribution in [3.63, 3.8) is 0 Å². The van der Waals surface area contributed by atoms with Gasteiger partial charge in [-0.25, -0.2) is 4.39 Å². The highest BCUT2D eigenvalue weighted by atomic mass is 32.3. The molecule has 1 aromatic rings. The summed E-state index contributed by atoms with van der Waals surface area (Å²) in [4.78, 5) is -0.545. The molecular formula is C5H6F2N2O2S. The van der Waals surface area contributed by atoms with Crippen LogP contribution < -0.4 is 0 Å². The van der Waals surface area contributed by atoms with Crippen molar-refractivity contribution < 1.29 is 16.7 Å². The Morgan fingerprint density at radius 2 is 2.25 bits per heavy atom. The minimum atomic E-state index is -4.71. The van der Waals surface area contributed by atoms with Gasteiger partial charge in [0.25, 0.3) is 0 Å². The number of nitrogens with zero attached hydrogens (tertiary/aromatic N) is 2. The lowest BCUT2D eigenvalue weighted by atomic mass is 10.7. The van der Waals surface area contributed by atoms with Gasteiger partial charge in [-0.3, -0.25) is 4.68 Å².